The second-order valence-electron chi connectivity index (χ2n) is 6.35. The fourth-order valence-electron chi connectivity index (χ4n) is 3.08. The number of carbonyl (C=O) groups is 1. The summed E-state index contributed by atoms with van der Waals surface area (Å²) in [5.74, 6) is -0.130. The van der Waals surface area contributed by atoms with Crippen molar-refractivity contribution in [1.82, 2.24) is 15.6 Å². The number of benzene rings is 2. The zero-order valence-electron chi connectivity index (χ0n) is 15.0. The molecule has 0 saturated carbocycles. The first-order chi connectivity index (χ1) is 12.6. The number of nitrogens with two attached hydrogens (primary N) is 2. The molecule has 3 aromatic rings. The van der Waals surface area contributed by atoms with Crippen LogP contribution in [0.2, 0.25) is 0 Å². The summed E-state index contributed by atoms with van der Waals surface area (Å²) < 4.78 is 0. The third-order valence-corrected chi connectivity index (χ3v) is 4.46. The number of para-hydroxylation sites is 2. The van der Waals surface area contributed by atoms with E-state index in [0.717, 1.165) is 41.4 Å². The minimum absolute atomic E-state index is 0.130. The molecule has 0 fully saturated rings. The molecule has 0 aliphatic heterocycles. The van der Waals surface area contributed by atoms with Gasteiger partial charge in [-0.05, 0) is 31.5 Å². The van der Waals surface area contributed by atoms with Gasteiger partial charge in [0.2, 0.25) is 0 Å². The largest absolute Gasteiger partial charge is 0.398 e. The van der Waals surface area contributed by atoms with E-state index in [4.69, 9.17) is 16.5 Å². The molecule has 6 nitrogen and oxygen atoms in total. The van der Waals surface area contributed by atoms with Crippen LogP contribution in [-0.4, -0.2) is 37.1 Å². The van der Waals surface area contributed by atoms with E-state index in [0.29, 0.717) is 29.9 Å². The van der Waals surface area contributed by atoms with Crippen LogP contribution < -0.4 is 22.1 Å². The molecule has 26 heavy (non-hydrogen) atoms. The highest BCUT2D eigenvalue weighted by atomic mass is 16.1. The minimum atomic E-state index is -0.130. The highest BCUT2D eigenvalue weighted by Gasteiger charge is 2.15. The Bertz CT molecular complexity index is 938. The second kappa shape index (κ2) is 8.12. The van der Waals surface area contributed by atoms with Gasteiger partial charge in [-0.3, -0.25) is 4.79 Å². The van der Waals surface area contributed by atoms with Crippen molar-refractivity contribution < 1.29 is 4.79 Å². The molecule has 0 aliphatic carbocycles. The maximum absolute atomic E-state index is 12.6. The van der Waals surface area contributed by atoms with Crippen LogP contribution in [0.3, 0.4) is 0 Å². The van der Waals surface area contributed by atoms with E-state index in [-0.39, 0.29) is 5.91 Å². The number of nitrogens with one attached hydrogen (secondary N) is 2. The molecule has 0 atom stereocenters. The molecular formula is C20H25N5O. The first-order valence-corrected chi connectivity index (χ1v) is 8.90. The summed E-state index contributed by atoms with van der Waals surface area (Å²) in [5.41, 5.74) is 15.5. The molecule has 0 radical (unpaired) electrons. The summed E-state index contributed by atoms with van der Waals surface area (Å²) in [5, 5.41) is 7.89. The summed E-state index contributed by atoms with van der Waals surface area (Å²) in [4.78, 5) is 17.4. The van der Waals surface area contributed by atoms with Crippen molar-refractivity contribution in [3.8, 4) is 0 Å². The molecule has 0 spiro atoms. The number of aromatic nitrogens is 1. The Labute approximate surface area is 153 Å². The lowest BCUT2D eigenvalue weighted by Gasteiger charge is -2.12. The van der Waals surface area contributed by atoms with Crippen LogP contribution in [0.4, 0.5) is 5.69 Å². The summed E-state index contributed by atoms with van der Waals surface area (Å²) >= 11 is 0. The molecule has 1 amide bonds. The SMILES string of the molecule is Cc1cccc2c(N)c3cccc(C(=O)NCCCNCCN)c3nc12. The lowest BCUT2D eigenvalue weighted by Crippen LogP contribution is -2.29. The molecular weight excluding hydrogens is 326 g/mol. The van der Waals surface area contributed by atoms with E-state index in [1.807, 2.05) is 37.3 Å². The molecule has 3 rings (SSSR count). The molecule has 0 bridgehead atoms. The van der Waals surface area contributed by atoms with Crippen molar-refractivity contribution >= 4 is 33.4 Å². The Kier molecular flexibility index (Phi) is 5.65. The number of nitrogen functional groups attached to an aromatic ring is 1. The van der Waals surface area contributed by atoms with Crippen LogP contribution in [0.15, 0.2) is 36.4 Å². The number of amides is 1. The number of carbonyl (C=O) groups excluding carboxylic acids is 1. The maximum atomic E-state index is 12.6. The van der Waals surface area contributed by atoms with E-state index < -0.39 is 0 Å². The fourth-order valence-corrected chi connectivity index (χ4v) is 3.08. The van der Waals surface area contributed by atoms with Gasteiger partial charge in [-0.2, -0.15) is 0 Å². The van der Waals surface area contributed by atoms with Crippen LogP contribution in [0.5, 0.6) is 0 Å². The lowest BCUT2D eigenvalue weighted by atomic mass is 10.0. The quantitative estimate of drug-likeness (QED) is 0.384. The van der Waals surface area contributed by atoms with Gasteiger partial charge < -0.3 is 22.1 Å². The van der Waals surface area contributed by atoms with Gasteiger partial charge in [-0.15, -0.1) is 0 Å². The van der Waals surface area contributed by atoms with E-state index in [1.165, 1.54) is 0 Å². The molecule has 0 aliphatic rings. The molecule has 2 aromatic carbocycles. The average molecular weight is 351 g/mol. The molecule has 136 valence electrons. The fraction of sp³-hybridized carbons (Fsp3) is 0.300. The molecule has 0 saturated heterocycles. The Morgan fingerprint density at radius 3 is 2.54 bits per heavy atom. The normalized spacial score (nSPS) is 11.2. The summed E-state index contributed by atoms with van der Waals surface area (Å²) in [6.45, 7) is 4.81. The van der Waals surface area contributed by atoms with Crippen LogP contribution in [0.25, 0.3) is 21.8 Å². The number of anilines is 1. The van der Waals surface area contributed by atoms with Crippen molar-refractivity contribution in [3.63, 3.8) is 0 Å². The van der Waals surface area contributed by atoms with E-state index >= 15 is 0 Å². The summed E-state index contributed by atoms with van der Waals surface area (Å²) in [6, 6.07) is 11.5. The minimum Gasteiger partial charge on any atom is -0.398 e. The Hall–Kier alpha value is -2.70. The molecule has 0 unspecified atom stereocenters. The standard InChI is InChI=1S/C20H25N5O/c1-13-5-2-6-14-17(22)15-7-3-8-16(19(15)25-18(13)14)20(26)24-11-4-10-23-12-9-21/h2-3,5-8,23H,4,9-12,21H2,1H3,(H2,22,25)(H,24,26). The topological polar surface area (TPSA) is 106 Å². The van der Waals surface area contributed by atoms with Crippen molar-refractivity contribution in [3.05, 3.63) is 47.5 Å². The van der Waals surface area contributed by atoms with Crippen LogP contribution in [0, 0.1) is 6.92 Å². The molecule has 1 heterocycles. The molecule has 6 N–H and O–H groups in total. The Morgan fingerprint density at radius 2 is 1.77 bits per heavy atom. The van der Waals surface area contributed by atoms with Crippen LogP contribution in [0.1, 0.15) is 22.3 Å². The van der Waals surface area contributed by atoms with Gasteiger partial charge in [0.1, 0.15) is 0 Å². The molecule has 6 heteroatoms. The molecule has 1 aromatic heterocycles. The van der Waals surface area contributed by atoms with E-state index in [9.17, 15) is 4.79 Å². The van der Waals surface area contributed by atoms with Crippen molar-refractivity contribution in [1.29, 1.82) is 0 Å². The van der Waals surface area contributed by atoms with Crippen molar-refractivity contribution in [2.24, 2.45) is 5.73 Å². The van der Waals surface area contributed by atoms with Gasteiger partial charge in [0.25, 0.3) is 5.91 Å². The van der Waals surface area contributed by atoms with Gasteiger partial charge in [-0.25, -0.2) is 4.98 Å². The zero-order chi connectivity index (χ0) is 18.5. The van der Waals surface area contributed by atoms with Gasteiger partial charge in [0, 0.05) is 30.4 Å². The number of hydrogen-bond donors (Lipinski definition) is 4. The number of nitrogens with zero attached hydrogens (tertiary/aromatic N) is 1. The van der Waals surface area contributed by atoms with Gasteiger partial charge >= 0.3 is 0 Å². The van der Waals surface area contributed by atoms with Crippen molar-refractivity contribution in [2.75, 3.05) is 31.9 Å². The van der Waals surface area contributed by atoms with Gasteiger partial charge in [0.15, 0.2) is 0 Å². The van der Waals surface area contributed by atoms with Crippen LogP contribution >= 0.6 is 0 Å². The Morgan fingerprint density at radius 1 is 1.04 bits per heavy atom. The smallest absolute Gasteiger partial charge is 0.253 e. The summed E-state index contributed by atoms with van der Waals surface area (Å²) in [6.07, 6.45) is 0.841. The first-order valence-electron chi connectivity index (χ1n) is 8.90. The van der Waals surface area contributed by atoms with Crippen molar-refractivity contribution in [2.45, 2.75) is 13.3 Å². The van der Waals surface area contributed by atoms with E-state index in [2.05, 4.69) is 10.6 Å². The van der Waals surface area contributed by atoms with Gasteiger partial charge in [-0.1, -0.05) is 30.3 Å². The Balaban J connectivity index is 1.88. The summed E-state index contributed by atoms with van der Waals surface area (Å²) in [7, 11) is 0. The first kappa shape index (κ1) is 18.1. The maximum Gasteiger partial charge on any atom is 0.253 e. The lowest BCUT2D eigenvalue weighted by molar-refractivity contribution is 0.0954. The third kappa shape index (κ3) is 3.61. The highest BCUT2D eigenvalue weighted by Crippen LogP contribution is 2.31. The third-order valence-electron chi connectivity index (χ3n) is 4.46. The van der Waals surface area contributed by atoms with Crippen LogP contribution in [-0.2, 0) is 0 Å². The second-order valence-corrected chi connectivity index (χ2v) is 6.35. The highest BCUT2D eigenvalue weighted by molar-refractivity contribution is 6.13. The number of rotatable bonds is 7. The van der Waals surface area contributed by atoms with Gasteiger partial charge in [0.05, 0.1) is 22.3 Å². The number of pyridine rings is 1. The number of hydrogen-bond acceptors (Lipinski definition) is 5. The predicted molar refractivity (Wildman–Crippen MR) is 107 cm³/mol. The number of fused-ring (bicyclic) bond motifs is 2. The van der Waals surface area contributed by atoms with E-state index in [1.54, 1.807) is 6.07 Å². The average Bonchev–Trinajstić information content (AvgIpc) is 2.65. The monoisotopic (exact) mass is 351 g/mol. The number of aryl methyl sites for hydroxylation is 1. The zero-order valence-corrected chi connectivity index (χ0v) is 15.0. The predicted octanol–water partition coefficient (Wildman–Crippen LogP) is 1.95.